The largest absolute Gasteiger partial charge is 0.466 e. The molecule has 6 heteroatoms. The molecule has 0 bridgehead atoms. The quantitative estimate of drug-likeness (QED) is 0.832. The fourth-order valence-electron chi connectivity index (χ4n) is 3.40. The van der Waals surface area contributed by atoms with Crippen LogP contribution in [0.25, 0.3) is 0 Å². The lowest BCUT2D eigenvalue weighted by molar-refractivity contribution is -0.146. The van der Waals surface area contributed by atoms with Crippen LogP contribution in [-0.4, -0.2) is 40.8 Å². The van der Waals surface area contributed by atoms with Gasteiger partial charge in [0.25, 0.3) is 0 Å². The van der Waals surface area contributed by atoms with Gasteiger partial charge in [-0.1, -0.05) is 18.2 Å². The van der Waals surface area contributed by atoms with Gasteiger partial charge in [0.2, 0.25) is 0 Å². The molecule has 2 rings (SSSR count). The van der Waals surface area contributed by atoms with E-state index in [1.165, 1.54) is 0 Å². The number of carbonyl (C=O) groups is 2. The Bertz CT molecular complexity index is 679. The number of fused-ring (bicyclic) bond motifs is 1. The second-order valence-corrected chi connectivity index (χ2v) is 7.79. The van der Waals surface area contributed by atoms with E-state index in [-0.39, 0.29) is 25.6 Å². The number of esters is 1. The molecule has 26 heavy (non-hydrogen) atoms. The first-order chi connectivity index (χ1) is 12.1. The fourth-order valence-corrected chi connectivity index (χ4v) is 3.40. The molecule has 0 saturated carbocycles. The highest BCUT2D eigenvalue weighted by Crippen LogP contribution is 2.39. The molecule has 1 unspecified atom stereocenters. The number of aliphatic hydroxyl groups is 1. The van der Waals surface area contributed by atoms with Gasteiger partial charge in [0.15, 0.2) is 0 Å². The summed E-state index contributed by atoms with van der Waals surface area (Å²) in [5.41, 5.74) is 1.25. The molecule has 1 aromatic carbocycles. The Labute approximate surface area is 155 Å². The normalized spacial score (nSPS) is 19.7. The molecule has 1 aliphatic rings. The number of amides is 1. The average Bonchev–Trinajstić information content (AvgIpc) is 2.52. The van der Waals surface area contributed by atoms with Crippen molar-refractivity contribution in [3.63, 3.8) is 0 Å². The predicted molar refractivity (Wildman–Crippen MR) is 97.6 cm³/mol. The van der Waals surface area contributed by atoms with E-state index in [9.17, 15) is 14.7 Å². The highest BCUT2D eigenvalue weighted by molar-refractivity contribution is 5.75. The van der Waals surface area contributed by atoms with Crippen molar-refractivity contribution in [3.05, 3.63) is 34.9 Å². The van der Waals surface area contributed by atoms with Crippen LogP contribution in [0.5, 0.6) is 0 Å². The van der Waals surface area contributed by atoms with Gasteiger partial charge in [-0.05, 0) is 57.7 Å². The maximum atomic E-state index is 12.8. The summed E-state index contributed by atoms with van der Waals surface area (Å²) in [5, 5.41) is 9.39. The van der Waals surface area contributed by atoms with Crippen molar-refractivity contribution in [2.75, 3.05) is 13.2 Å². The summed E-state index contributed by atoms with van der Waals surface area (Å²) in [4.78, 5) is 26.7. The van der Waals surface area contributed by atoms with Gasteiger partial charge in [0.1, 0.15) is 5.60 Å². The number of ether oxygens (including phenoxy) is 2. The Morgan fingerprint density at radius 1 is 1.31 bits per heavy atom. The van der Waals surface area contributed by atoms with E-state index in [0.717, 1.165) is 16.7 Å². The number of hydrogen-bond donors (Lipinski definition) is 1. The molecule has 0 spiro atoms. The number of carbonyl (C=O) groups excluding carboxylic acids is 2. The fraction of sp³-hybridized carbons (Fsp3) is 0.600. The van der Waals surface area contributed by atoms with Crippen molar-refractivity contribution in [3.8, 4) is 0 Å². The van der Waals surface area contributed by atoms with Gasteiger partial charge >= 0.3 is 12.1 Å². The van der Waals surface area contributed by atoms with Gasteiger partial charge in [0, 0.05) is 6.54 Å². The number of benzene rings is 1. The van der Waals surface area contributed by atoms with Crippen molar-refractivity contribution in [1.29, 1.82) is 0 Å². The maximum Gasteiger partial charge on any atom is 0.411 e. The first-order valence-corrected chi connectivity index (χ1v) is 9.00. The number of rotatable bonds is 4. The monoisotopic (exact) mass is 363 g/mol. The SMILES string of the molecule is CCOC(=O)CC1(C)c2ccc(CO)cc2CCN1C(=O)OC(C)(C)C. The van der Waals surface area contributed by atoms with Gasteiger partial charge in [0.05, 0.1) is 25.2 Å². The second-order valence-electron chi connectivity index (χ2n) is 7.79. The molecule has 6 nitrogen and oxygen atoms in total. The minimum Gasteiger partial charge on any atom is -0.466 e. The molecule has 1 atom stereocenters. The van der Waals surface area contributed by atoms with Crippen molar-refractivity contribution in [2.24, 2.45) is 0 Å². The molecule has 0 radical (unpaired) electrons. The first kappa shape index (κ1) is 20.2. The van der Waals surface area contributed by atoms with Gasteiger partial charge < -0.3 is 14.6 Å². The Kier molecular flexibility index (Phi) is 5.96. The number of nitrogens with zero attached hydrogens (tertiary/aromatic N) is 1. The molecule has 1 aliphatic heterocycles. The van der Waals surface area contributed by atoms with Crippen LogP contribution in [0.3, 0.4) is 0 Å². The van der Waals surface area contributed by atoms with Crippen LogP contribution >= 0.6 is 0 Å². The molecule has 0 aliphatic carbocycles. The molecular weight excluding hydrogens is 334 g/mol. The van der Waals surface area contributed by atoms with Crippen LogP contribution in [0.1, 0.15) is 57.7 Å². The van der Waals surface area contributed by atoms with Gasteiger partial charge in [-0.3, -0.25) is 9.69 Å². The van der Waals surface area contributed by atoms with E-state index in [1.54, 1.807) is 11.8 Å². The van der Waals surface area contributed by atoms with E-state index in [2.05, 4.69) is 0 Å². The highest BCUT2D eigenvalue weighted by Gasteiger charge is 2.44. The lowest BCUT2D eigenvalue weighted by Crippen LogP contribution is -2.54. The standard InChI is InChI=1S/C20H29NO5/c1-6-25-17(23)12-20(5)16-8-7-14(13-22)11-15(16)9-10-21(20)18(24)26-19(2,3)4/h7-8,11,22H,6,9-10,12-13H2,1-5H3. The van der Waals surface area contributed by atoms with E-state index in [1.807, 2.05) is 45.9 Å². The van der Waals surface area contributed by atoms with Gasteiger partial charge in [-0.25, -0.2) is 4.79 Å². The third-order valence-corrected chi connectivity index (χ3v) is 4.54. The third-order valence-electron chi connectivity index (χ3n) is 4.54. The zero-order valence-corrected chi connectivity index (χ0v) is 16.3. The third kappa shape index (κ3) is 4.36. The van der Waals surface area contributed by atoms with E-state index >= 15 is 0 Å². The maximum absolute atomic E-state index is 12.8. The molecule has 1 amide bonds. The molecule has 1 N–H and O–H groups in total. The van der Waals surface area contributed by atoms with Crippen molar-refractivity contribution < 1.29 is 24.2 Å². The summed E-state index contributed by atoms with van der Waals surface area (Å²) in [6.07, 6.45) is 0.244. The zero-order chi connectivity index (χ0) is 19.5. The summed E-state index contributed by atoms with van der Waals surface area (Å²) in [6, 6.07) is 5.64. The van der Waals surface area contributed by atoms with Crippen molar-refractivity contribution in [2.45, 2.75) is 65.2 Å². The van der Waals surface area contributed by atoms with Gasteiger partial charge in [-0.15, -0.1) is 0 Å². The summed E-state index contributed by atoms with van der Waals surface area (Å²) >= 11 is 0. The summed E-state index contributed by atoms with van der Waals surface area (Å²) in [7, 11) is 0. The lowest BCUT2D eigenvalue weighted by Gasteiger charge is -2.45. The predicted octanol–water partition coefficient (Wildman–Crippen LogP) is 3.14. The topological polar surface area (TPSA) is 76.1 Å². The van der Waals surface area contributed by atoms with E-state index < -0.39 is 17.2 Å². The van der Waals surface area contributed by atoms with E-state index in [4.69, 9.17) is 9.47 Å². The van der Waals surface area contributed by atoms with Crippen LogP contribution in [-0.2, 0) is 32.8 Å². The minimum absolute atomic E-state index is 0.0440. The number of hydrogen-bond acceptors (Lipinski definition) is 5. The van der Waals surface area contributed by atoms with Gasteiger partial charge in [-0.2, -0.15) is 0 Å². The highest BCUT2D eigenvalue weighted by atomic mass is 16.6. The van der Waals surface area contributed by atoms with Crippen LogP contribution in [0.2, 0.25) is 0 Å². The van der Waals surface area contributed by atoms with Crippen molar-refractivity contribution in [1.82, 2.24) is 4.90 Å². The van der Waals surface area contributed by atoms with Crippen LogP contribution in [0.15, 0.2) is 18.2 Å². The molecule has 0 fully saturated rings. The Morgan fingerprint density at radius 3 is 2.58 bits per heavy atom. The van der Waals surface area contributed by atoms with Crippen molar-refractivity contribution >= 4 is 12.1 Å². The average molecular weight is 363 g/mol. The Hall–Kier alpha value is -2.08. The first-order valence-electron chi connectivity index (χ1n) is 9.00. The second kappa shape index (κ2) is 7.66. The molecule has 1 heterocycles. The van der Waals surface area contributed by atoms with Crippen LogP contribution < -0.4 is 0 Å². The molecule has 144 valence electrons. The summed E-state index contributed by atoms with van der Waals surface area (Å²) in [6.45, 7) is 9.76. The molecule has 1 aromatic rings. The molecule has 0 saturated heterocycles. The summed E-state index contributed by atoms with van der Waals surface area (Å²) in [5.74, 6) is -0.359. The van der Waals surface area contributed by atoms with E-state index in [0.29, 0.717) is 13.0 Å². The molecule has 0 aromatic heterocycles. The van der Waals surface area contributed by atoms with Crippen LogP contribution in [0, 0.1) is 0 Å². The molecular formula is C20H29NO5. The smallest absolute Gasteiger partial charge is 0.411 e. The van der Waals surface area contributed by atoms with Crippen LogP contribution in [0.4, 0.5) is 4.79 Å². The Balaban J connectivity index is 2.44. The lowest BCUT2D eigenvalue weighted by atomic mass is 9.79. The number of aliphatic hydroxyl groups excluding tert-OH is 1. The minimum atomic E-state index is -0.865. The summed E-state index contributed by atoms with van der Waals surface area (Å²) < 4.78 is 10.7. The zero-order valence-electron chi connectivity index (χ0n) is 16.3. The Morgan fingerprint density at radius 2 is 2.00 bits per heavy atom.